The molecule has 0 spiro atoms. The van der Waals surface area contributed by atoms with Crippen molar-refractivity contribution in [1.29, 1.82) is 0 Å². The summed E-state index contributed by atoms with van der Waals surface area (Å²) in [6.45, 7) is 4.56. The van der Waals surface area contributed by atoms with E-state index in [1.54, 1.807) is 15.9 Å². The maximum atomic E-state index is 12.7. The first-order chi connectivity index (χ1) is 11.0. The molecule has 2 fully saturated rings. The average molecular weight is 354 g/mol. The van der Waals surface area contributed by atoms with Gasteiger partial charge in [0.2, 0.25) is 5.91 Å². The van der Waals surface area contributed by atoms with Gasteiger partial charge in [0.1, 0.15) is 5.75 Å². The first-order valence-electron chi connectivity index (χ1n) is 8.14. The van der Waals surface area contributed by atoms with Crippen LogP contribution in [0.5, 0.6) is 5.75 Å². The molecule has 6 nitrogen and oxygen atoms in total. The van der Waals surface area contributed by atoms with Crippen molar-refractivity contribution in [2.24, 2.45) is 5.73 Å². The van der Waals surface area contributed by atoms with E-state index < -0.39 is 5.54 Å². The van der Waals surface area contributed by atoms with Gasteiger partial charge in [-0.25, -0.2) is 0 Å². The summed E-state index contributed by atoms with van der Waals surface area (Å²) in [7, 11) is 0. The molecule has 3 rings (SSSR count). The van der Waals surface area contributed by atoms with Gasteiger partial charge in [-0.1, -0.05) is 12.1 Å². The number of para-hydroxylation sites is 1. The van der Waals surface area contributed by atoms with Gasteiger partial charge in [0.15, 0.2) is 0 Å². The second-order valence-electron chi connectivity index (χ2n) is 6.17. The molecule has 0 atom stereocenters. The number of halogens is 1. The fourth-order valence-corrected chi connectivity index (χ4v) is 2.87. The molecule has 7 heteroatoms. The van der Waals surface area contributed by atoms with Crippen LogP contribution in [0, 0.1) is 0 Å². The summed E-state index contributed by atoms with van der Waals surface area (Å²) in [5.41, 5.74) is 5.92. The van der Waals surface area contributed by atoms with Gasteiger partial charge in [-0.3, -0.25) is 9.59 Å². The van der Waals surface area contributed by atoms with E-state index in [-0.39, 0.29) is 24.2 Å². The summed E-state index contributed by atoms with van der Waals surface area (Å²) < 4.78 is 5.53. The van der Waals surface area contributed by atoms with E-state index in [0.29, 0.717) is 44.1 Å². The number of rotatable bonds is 4. The SMILES string of the molecule is CCOc1ccccc1C(=O)N1CCN(C(=O)C2(N)CC2)CC1.Cl. The lowest BCUT2D eigenvalue weighted by Crippen LogP contribution is -2.55. The molecule has 0 unspecified atom stereocenters. The number of carbonyl (C=O) groups excluding carboxylic acids is 2. The number of amides is 2. The van der Waals surface area contributed by atoms with Crippen molar-refractivity contribution >= 4 is 24.2 Å². The number of hydrogen-bond acceptors (Lipinski definition) is 4. The van der Waals surface area contributed by atoms with Gasteiger partial charge in [-0.15, -0.1) is 12.4 Å². The van der Waals surface area contributed by atoms with Crippen molar-refractivity contribution in [1.82, 2.24) is 9.80 Å². The van der Waals surface area contributed by atoms with Gasteiger partial charge in [0.25, 0.3) is 5.91 Å². The van der Waals surface area contributed by atoms with Crippen LogP contribution in [0.2, 0.25) is 0 Å². The van der Waals surface area contributed by atoms with E-state index in [0.717, 1.165) is 12.8 Å². The van der Waals surface area contributed by atoms with Gasteiger partial charge in [0, 0.05) is 26.2 Å². The zero-order valence-corrected chi connectivity index (χ0v) is 14.7. The molecule has 1 aromatic carbocycles. The highest BCUT2D eigenvalue weighted by Crippen LogP contribution is 2.34. The van der Waals surface area contributed by atoms with E-state index in [1.165, 1.54) is 0 Å². The third-order valence-corrected chi connectivity index (χ3v) is 4.49. The van der Waals surface area contributed by atoms with Crippen LogP contribution in [0.3, 0.4) is 0 Å². The Morgan fingerprint density at radius 1 is 1.12 bits per heavy atom. The summed E-state index contributed by atoms with van der Waals surface area (Å²) in [6.07, 6.45) is 1.54. The van der Waals surface area contributed by atoms with Crippen molar-refractivity contribution in [3.05, 3.63) is 29.8 Å². The predicted octanol–water partition coefficient (Wildman–Crippen LogP) is 1.28. The van der Waals surface area contributed by atoms with Crippen LogP contribution in [0.4, 0.5) is 0 Å². The lowest BCUT2D eigenvalue weighted by molar-refractivity contribution is -0.135. The van der Waals surface area contributed by atoms with Crippen LogP contribution in [0.1, 0.15) is 30.1 Å². The molecule has 1 heterocycles. The molecule has 1 aromatic rings. The third kappa shape index (κ3) is 3.65. The monoisotopic (exact) mass is 353 g/mol. The normalized spacial score (nSPS) is 18.6. The zero-order chi connectivity index (χ0) is 16.4. The number of benzene rings is 1. The summed E-state index contributed by atoms with van der Waals surface area (Å²) in [4.78, 5) is 28.5. The van der Waals surface area contributed by atoms with Crippen LogP contribution >= 0.6 is 12.4 Å². The smallest absolute Gasteiger partial charge is 0.257 e. The van der Waals surface area contributed by atoms with Crippen molar-refractivity contribution in [2.45, 2.75) is 25.3 Å². The fraction of sp³-hybridized carbons (Fsp3) is 0.529. The second kappa shape index (κ2) is 7.40. The van der Waals surface area contributed by atoms with Crippen molar-refractivity contribution < 1.29 is 14.3 Å². The molecule has 0 bridgehead atoms. The first-order valence-corrected chi connectivity index (χ1v) is 8.14. The highest BCUT2D eigenvalue weighted by Gasteiger charge is 2.48. The average Bonchev–Trinajstić information content (AvgIpc) is 3.33. The molecular weight excluding hydrogens is 330 g/mol. The van der Waals surface area contributed by atoms with Gasteiger partial charge in [-0.05, 0) is 31.9 Å². The maximum absolute atomic E-state index is 12.7. The Balaban J connectivity index is 0.00000208. The number of piperazine rings is 1. The minimum Gasteiger partial charge on any atom is -0.493 e. The Hall–Kier alpha value is -1.79. The van der Waals surface area contributed by atoms with Crippen LogP contribution < -0.4 is 10.5 Å². The molecule has 1 aliphatic carbocycles. The van der Waals surface area contributed by atoms with Gasteiger partial charge >= 0.3 is 0 Å². The molecule has 2 aliphatic rings. The molecular formula is C17H24ClN3O3. The Bertz CT molecular complexity index is 611. The van der Waals surface area contributed by atoms with E-state index in [2.05, 4.69) is 0 Å². The molecule has 1 aliphatic heterocycles. The quantitative estimate of drug-likeness (QED) is 0.884. The topological polar surface area (TPSA) is 75.9 Å². The van der Waals surface area contributed by atoms with Crippen LogP contribution in [0.15, 0.2) is 24.3 Å². The Morgan fingerprint density at radius 2 is 1.71 bits per heavy atom. The first kappa shape index (κ1) is 18.5. The standard InChI is InChI=1S/C17H23N3O3.ClH/c1-2-23-14-6-4-3-5-13(14)15(21)19-9-11-20(12-10-19)16(22)17(18)7-8-17;/h3-6H,2,7-12,18H2,1H3;1H. The van der Waals surface area contributed by atoms with Crippen molar-refractivity contribution in [3.63, 3.8) is 0 Å². The van der Waals surface area contributed by atoms with Crippen molar-refractivity contribution in [3.8, 4) is 5.75 Å². The minimum atomic E-state index is -0.631. The summed E-state index contributed by atoms with van der Waals surface area (Å²) in [6, 6.07) is 7.28. The summed E-state index contributed by atoms with van der Waals surface area (Å²) in [5.74, 6) is 0.590. The Labute approximate surface area is 148 Å². The van der Waals surface area contributed by atoms with Gasteiger partial charge in [-0.2, -0.15) is 0 Å². The molecule has 0 radical (unpaired) electrons. The van der Waals surface area contributed by atoms with E-state index >= 15 is 0 Å². The zero-order valence-electron chi connectivity index (χ0n) is 13.9. The van der Waals surface area contributed by atoms with Gasteiger partial charge in [0.05, 0.1) is 17.7 Å². The van der Waals surface area contributed by atoms with Crippen LogP contribution in [-0.4, -0.2) is 59.9 Å². The molecule has 2 amide bonds. The fourth-order valence-electron chi connectivity index (χ4n) is 2.87. The highest BCUT2D eigenvalue weighted by atomic mass is 35.5. The summed E-state index contributed by atoms with van der Waals surface area (Å²) in [5, 5.41) is 0. The lowest BCUT2D eigenvalue weighted by atomic mass is 10.1. The van der Waals surface area contributed by atoms with Crippen LogP contribution in [-0.2, 0) is 4.79 Å². The third-order valence-electron chi connectivity index (χ3n) is 4.49. The van der Waals surface area contributed by atoms with Gasteiger partial charge < -0.3 is 20.3 Å². The van der Waals surface area contributed by atoms with E-state index in [1.807, 2.05) is 25.1 Å². The Kier molecular flexibility index (Phi) is 5.72. The highest BCUT2D eigenvalue weighted by molar-refractivity contribution is 5.97. The predicted molar refractivity (Wildman–Crippen MR) is 93.5 cm³/mol. The molecule has 0 aromatic heterocycles. The largest absolute Gasteiger partial charge is 0.493 e. The number of nitrogens with two attached hydrogens (primary N) is 1. The Morgan fingerprint density at radius 3 is 2.29 bits per heavy atom. The molecule has 1 saturated heterocycles. The summed E-state index contributed by atoms with van der Waals surface area (Å²) >= 11 is 0. The number of carbonyl (C=O) groups is 2. The van der Waals surface area contributed by atoms with E-state index in [9.17, 15) is 9.59 Å². The van der Waals surface area contributed by atoms with Crippen LogP contribution in [0.25, 0.3) is 0 Å². The molecule has 2 N–H and O–H groups in total. The van der Waals surface area contributed by atoms with Crippen molar-refractivity contribution in [2.75, 3.05) is 32.8 Å². The number of hydrogen-bond donors (Lipinski definition) is 1. The number of nitrogens with zero attached hydrogens (tertiary/aromatic N) is 2. The second-order valence-corrected chi connectivity index (χ2v) is 6.17. The molecule has 24 heavy (non-hydrogen) atoms. The maximum Gasteiger partial charge on any atom is 0.257 e. The number of ether oxygens (including phenoxy) is 1. The van der Waals surface area contributed by atoms with E-state index in [4.69, 9.17) is 10.5 Å². The minimum absolute atomic E-state index is 0. The lowest BCUT2D eigenvalue weighted by Gasteiger charge is -2.36. The molecule has 132 valence electrons. The molecule has 1 saturated carbocycles.